The van der Waals surface area contributed by atoms with Gasteiger partial charge in [0.05, 0.1) is 5.60 Å². The van der Waals surface area contributed by atoms with E-state index >= 15 is 0 Å². The minimum atomic E-state index is -0.541. The van der Waals surface area contributed by atoms with Gasteiger partial charge in [0.15, 0.2) is 0 Å². The summed E-state index contributed by atoms with van der Waals surface area (Å²) in [6.07, 6.45) is 0.762. The number of primary amides is 1. The lowest BCUT2D eigenvalue weighted by molar-refractivity contribution is -0.177. The molecule has 1 aromatic carbocycles. The summed E-state index contributed by atoms with van der Waals surface area (Å²) in [5, 5.41) is 3.01. The molecular weight excluding hydrogens is 268 g/mol. The number of rotatable bonds is 4. The molecule has 2 unspecified atom stereocenters. The number of methoxy groups -OCH3 is 1. The molecule has 114 valence electrons. The Hall–Kier alpha value is -1.88. The maximum absolute atomic E-state index is 12.3. The summed E-state index contributed by atoms with van der Waals surface area (Å²) in [5.74, 6) is -0.741. The summed E-state index contributed by atoms with van der Waals surface area (Å²) < 4.78 is 5.54. The molecule has 0 spiro atoms. The van der Waals surface area contributed by atoms with Crippen LogP contribution in [-0.4, -0.2) is 30.6 Å². The van der Waals surface area contributed by atoms with E-state index in [4.69, 9.17) is 10.5 Å². The molecule has 2 atom stereocenters. The molecule has 0 aliphatic heterocycles. The molecule has 21 heavy (non-hydrogen) atoms. The first-order valence-electron chi connectivity index (χ1n) is 6.97. The second-order valence-electron chi connectivity index (χ2n) is 6.33. The Morgan fingerprint density at radius 2 is 1.90 bits per heavy atom. The van der Waals surface area contributed by atoms with Gasteiger partial charge in [-0.3, -0.25) is 9.59 Å². The van der Waals surface area contributed by atoms with Crippen LogP contribution in [0.2, 0.25) is 0 Å². The molecule has 0 heterocycles. The molecule has 1 aliphatic carbocycles. The third-order valence-corrected chi connectivity index (χ3v) is 4.99. The van der Waals surface area contributed by atoms with Crippen molar-refractivity contribution in [2.45, 2.75) is 38.8 Å². The molecule has 0 saturated heterocycles. The van der Waals surface area contributed by atoms with Gasteiger partial charge in [0.1, 0.15) is 0 Å². The van der Waals surface area contributed by atoms with E-state index in [9.17, 15) is 9.59 Å². The van der Waals surface area contributed by atoms with Crippen molar-refractivity contribution in [1.29, 1.82) is 0 Å². The number of carbonyl (C=O) groups is 2. The largest absolute Gasteiger partial charge is 0.378 e. The van der Waals surface area contributed by atoms with Crippen molar-refractivity contribution < 1.29 is 14.3 Å². The zero-order valence-electron chi connectivity index (χ0n) is 12.9. The maximum atomic E-state index is 12.3. The third kappa shape index (κ3) is 2.53. The highest BCUT2D eigenvalue weighted by molar-refractivity contribution is 5.99. The van der Waals surface area contributed by atoms with Crippen LogP contribution in [0.1, 0.15) is 47.9 Å². The molecular formula is C16H22N2O3. The highest BCUT2D eigenvalue weighted by atomic mass is 16.5. The smallest absolute Gasteiger partial charge is 0.251 e. The van der Waals surface area contributed by atoms with Gasteiger partial charge in [0.25, 0.3) is 5.91 Å². The summed E-state index contributed by atoms with van der Waals surface area (Å²) in [4.78, 5) is 23.5. The topological polar surface area (TPSA) is 81.4 Å². The number of benzene rings is 1. The average Bonchev–Trinajstić information content (AvgIpc) is 2.46. The van der Waals surface area contributed by atoms with E-state index in [1.165, 1.54) is 6.07 Å². The van der Waals surface area contributed by atoms with Crippen LogP contribution in [0.15, 0.2) is 24.3 Å². The number of nitrogens with one attached hydrogen (secondary N) is 1. The summed E-state index contributed by atoms with van der Waals surface area (Å²) >= 11 is 0. The first-order chi connectivity index (χ1) is 9.71. The predicted molar refractivity (Wildman–Crippen MR) is 80.0 cm³/mol. The Morgan fingerprint density at radius 3 is 2.43 bits per heavy atom. The first-order valence-corrected chi connectivity index (χ1v) is 6.97. The summed E-state index contributed by atoms with van der Waals surface area (Å²) in [7, 11) is 1.69. The fourth-order valence-corrected chi connectivity index (χ4v) is 2.78. The monoisotopic (exact) mass is 290 g/mol. The number of carbonyl (C=O) groups excluding carboxylic acids is 2. The Balaban J connectivity index is 2.10. The lowest BCUT2D eigenvalue weighted by atomic mass is 9.56. The van der Waals surface area contributed by atoms with Crippen LogP contribution in [0.3, 0.4) is 0 Å². The molecule has 0 radical (unpaired) electrons. The van der Waals surface area contributed by atoms with Gasteiger partial charge in [0, 0.05) is 29.7 Å². The number of hydrogen-bond acceptors (Lipinski definition) is 3. The van der Waals surface area contributed by atoms with Crippen LogP contribution in [0.5, 0.6) is 0 Å². The Morgan fingerprint density at radius 1 is 1.29 bits per heavy atom. The van der Waals surface area contributed by atoms with Crippen LogP contribution >= 0.6 is 0 Å². The van der Waals surface area contributed by atoms with Gasteiger partial charge in [-0.05, 0) is 31.5 Å². The molecule has 1 aromatic rings. The summed E-state index contributed by atoms with van der Waals surface area (Å²) in [6.45, 7) is 6.19. The van der Waals surface area contributed by atoms with Crippen LogP contribution in [0.4, 0.5) is 0 Å². The molecule has 3 N–H and O–H groups in total. The predicted octanol–water partition coefficient (Wildman–Crippen LogP) is 1.72. The number of amides is 2. The molecule has 0 bridgehead atoms. The van der Waals surface area contributed by atoms with Crippen molar-refractivity contribution in [3.05, 3.63) is 35.4 Å². The lowest BCUT2D eigenvalue weighted by Gasteiger charge is -2.59. The van der Waals surface area contributed by atoms with Gasteiger partial charge in [-0.15, -0.1) is 0 Å². The van der Waals surface area contributed by atoms with Crippen LogP contribution in [0, 0.1) is 5.41 Å². The molecule has 5 nitrogen and oxygen atoms in total. The van der Waals surface area contributed by atoms with E-state index < -0.39 is 5.91 Å². The Labute approximate surface area is 124 Å². The van der Waals surface area contributed by atoms with Crippen LogP contribution in [0.25, 0.3) is 0 Å². The van der Waals surface area contributed by atoms with Crippen molar-refractivity contribution in [2.75, 3.05) is 7.11 Å². The van der Waals surface area contributed by atoms with Gasteiger partial charge in [-0.2, -0.15) is 0 Å². The van der Waals surface area contributed by atoms with Crippen molar-refractivity contribution in [2.24, 2.45) is 11.1 Å². The summed E-state index contributed by atoms with van der Waals surface area (Å²) in [5.41, 5.74) is 5.61. The SMILES string of the molecule is COC1(C)CC(NC(=O)c2cccc(C(N)=O)c2)C1(C)C. The van der Waals surface area contributed by atoms with E-state index in [1.807, 2.05) is 6.92 Å². The minimum Gasteiger partial charge on any atom is -0.378 e. The van der Waals surface area contributed by atoms with E-state index in [-0.39, 0.29) is 23.0 Å². The number of hydrogen-bond donors (Lipinski definition) is 2. The Bertz CT molecular complexity index is 583. The van der Waals surface area contributed by atoms with E-state index in [0.717, 1.165) is 6.42 Å². The highest BCUT2D eigenvalue weighted by Crippen LogP contribution is 2.51. The molecule has 2 amide bonds. The van der Waals surface area contributed by atoms with Gasteiger partial charge in [0.2, 0.25) is 5.91 Å². The van der Waals surface area contributed by atoms with E-state index in [2.05, 4.69) is 19.2 Å². The van der Waals surface area contributed by atoms with Gasteiger partial charge in [-0.1, -0.05) is 19.9 Å². The van der Waals surface area contributed by atoms with Gasteiger partial charge >= 0.3 is 0 Å². The summed E-state index contributed by atoms with van der Waals surface area (Å²) in [6, 6.07) is 6.46. The third-order valence-electron chi connectivity index (χ3n) is 4.99. The molecule has 1 aliphatic rings. The maximum Gasteiger partial charge on any atom is 0.251 e. The van der Waals surface area contributed by atoms with Crippen molar-refractivity contribution in [3.8, 4) is 0 Å². The normalized spacial score (nSPS) is 26.8. The van der Waals surface area contributed by atoms with Crippen molar-refractivity contribution in [1.82, 2.24) is 5.32 Å². The molecule has 5 heteroatoms. The fourth-order valence-electron chi connectivity index (χ4n) is 2.78. The van der Waals surface area contributed by atoms with Crippen molar-refractivity contribution in [3.63, 3.8) is 0 Å². The Kier molecular flexibility index (Phi) is 3.80. The van der Waals surface area contributed by atoms with Gasteiger partial charge in [-0.25, -0.2) is 0 Å². The minimum absolute atomic E-state index is 0.0344. The second kappa shape index (κ2) is 5.15. The molecule has 1 saturated carbocycles. The standard InChI is InChI=1S/C16H22N2O3/c1-15(2)12(9-16(15,3)21-4)18-14(20)11-7-5-6-10(8-11)13(17)19/h5-8,12H,9H2,1-4H3,(H2,17,19)(H,18,20). The van der Waals surface area contributed by atoms with E-state index in [1.54, 1.807) is 25.3 Å². The lowest BCUT2D eigenvalue weighted by Crippen LogP contribution is -2.68. The van der Waals surface area contributed by atoms with Crippen LogP contribution in [-0.2, 0) is 4.74 Å². The van der Waals surface area contributed by atoms with Crippen molar-refractivity contribution >= 4 is 11.8 Å². The second-order valence-corrected chi connectivity index (χ2v) is 6.33. The first kappa shape index (κ1) is 15.5. The highest BCUT2D eigenvalue weighted by Gasteiger charge is 2.58. The number of nitrogens with two attached hydrogens (primary N) is 1. The molecule has 2 rings (SSSR count). The zero-order chi connectivity index (χ0) is 15.8. The molecule has 1 fully saturated rings. The van der Waals surface area contributed by atoms with Gasteiger partial charge < -0.3 is 15.8 Å². The average molecular weight is 290 g/mol. The van der Waals surface area contributed by atoms with Crippen LogP contribution < -0.4 is 11.1 Å². The van der Waals surface area contributed by atoms with E-state index in [0.29, 0.717) is 11.1 Å². The molecule has 0 aromatic heterocycles. The number of ether oxygens (including phenoxy) is 1. The zero-order valence-corrected chi connectivity index (χ0v) is 12.9. The fraction of sp³-hybridized carbons (Fsp3) is 0.500. The quantitative estimate of drug-likeness (QED) is 0.886.